The molecule has 1 aromatic carbocycles. The van der Waals surface area contributed by atoms with Crippen LogP contribution in [0.5, 0.6) is 0 Å². The lowest BCUT2D eigenvalue weighted by Crippen LogP contribution is -2.26. The highest BCUT2D eigenvalue weighted by Gasteiger charge is 2.14. The molecule has 2 rings (SSSR count). The summed E-state index contributed by atoms with van der Waals surface area (Å²) in [6, 6.07) is 6.71. The van der Waals surface area contributed by atoms with E-state index in [9.17, 15) is 0 Å². The Kier molecular flexibility index (Phi) is 2.32. The number of hydrogen-bond acceptors (Lipinski definition) is 1. The molecule has 0 aliphatic carbocycles. The van der Waals surface area contributed by atoms with E-state index in [0.717, 1.165) is 13.1 Å². The topological polar surface area (TPSA) is 3.24 Å². The fraction of sp³-hybridized carbons (Fsp3) is 0.385. The van der Waals surface area contributed by atoms with E-state index in [4.69, 9.17) is 0 Å². The zero-order valence-electron chi connectivity index (χ0n) is 9.17. The van der Waals surface area contributed by atoms with Crippen LogP contribution in [0.2, 0.25) is 0 Å². The van der Waals surface area contributed by atoms with Crippen LogP contribution in [-0.4, -0.2) is 13.1 Å². The Hall–Kier alpha value is -1.24. The number of anilines is 1. The minimum atomic E-state index is 1.05. The molecule has 1 heteroatoms. The molecule has 1 heterocycles. The maximum atomic E-state index is 2.41. The van der Waals surface area contributed by atoms with Crippen LogP contribution >= 0.6 is 0 Å². The highest BCUT2D eigenvalue weighted by atomic mass is 15.1. The predicted octanol–water partition coefficient (Wildman–Crippen LogP) is 3.24. The minimum absolute atomic E-state index is 1.05. The summed E-state index contributed by atoms with van der Waals surface area (Å²) in [5.41, 5.74) is 5.54. The highest BCUT2D eigenvalue weighted by Crippen LogP contribution is 2.31. The third-order valence-corrected chi connectivity index (χ3v) is 2.92. The molecule has 0 unspecified atom stereocenters. The van der Waals surface area contributed by atoms with Crippen molar-refractivity contribution in [1.82, 2.24) is 0 Å². The average Bonchev–Trinajstić information content (AvgIpc) is 2.18. The normalized spacial score (nSPS) is 15.1. The van der Waals surface area contributed by atoms with Crippen molar-refractivity contribution in [2.75, 3.05) is 18.0 Å². The van der Waals surface area contributed by atoms with Crippen molar-refractivity contribution < 1.29 is 0 Å². The Bertz CT molecular complexity index is 377. The second-order valence-electron chi connectivity index (χ2n) is 3.95. The summed E-state index contributed by atoms with van der Waals surface area (Å²) in [6.45, 7) is 8.70. The molecule has 0 saturated heterocycles. The number of hydrogen-bond donors (Lipinski definition) is 0. The number of nitrogens with zero attached hydrogens (tertiary/aromatic N) is 1. The first-order valence-electron chi connectivity index (χ1n) is 5.25. The van der Waals surface area contributed by atoms with E-state index in [2.05, 4.69) is 49.9 Å². The molecular formula is C13H17N. The smallest absolute Gasteiger partial charge is 0.0447 e. The summed E-state index contributed by atoms with van der Waals surface area (Å²) < 4.78 is 0. The van der Waals surface area contributed by atoms with Crippen LogP contribution in [0.4, 0.5) is 5.69 Å². The number of rotatable bonds is 1. The third kappa shape index (κ3) is 1.43. The molecule has 0 bridgehead atoms. The molecule has 74 valence electrons. The lowest BCUT2D eigenvalue weighted by atomic mass is 9.99. The van der Waals surface area contributed by atoms with Gasteiger partial charge < -0.3 is 4.90 Å². The summed E-state index contributed by atoms with van der Waals surface area (Å²) in [5.74, 6) is 0. The summed E-state index contributed by atoms with van der Waals surface area (Å²) in [6.07, 6.45) is 2.31. The molecule has 1 aliphatic rings. The maximum absolute atomic E-state index is 2.41. The summed E-state index contributed by atoms with van der Waals surface area (Å²) >= 11 is 0. The van der Waals surface area contributed by atoms with Crippen molar-refractivity contribution in [3.05, 3.63) is 35.4 Å². The summed E-state index contributed by atoms with van der Waals surface area (Å²) in [5, 5.41) is 0. The first kappa shape index (κ1) is 9.32. The first-order valence-corrected chi connectivity index (χ1v) is 5.25. The number of likely N-dealkylation sites (N-methyl/N-ethyl adjacent to an activating group) is 1. The molecule has 0 atom stereocenters. The van der Waals surface area contributed by atoms with E-state index in [1.165, 1.54) is 22.4 Å². The quantitative estimate of drug-likeness (QED) is 0.652. The molecule has 1 aliphatic heterocycles. The van der Waals surface area contributed by atoms with Crippen molar-refractivity contribution in [2.24, 2.45) is 0 Å². The van der Waals surface area contributed by atoms with Crippen LogP contribution in [0, 0.1) is 6.92 Å². The molecule has 1 nitrogen and oxygen atoms in total. The van der Waals surface area contributed by atoms with E-state index < -0.39 is 0 Å². The summed E-state index contributed by atoms with van der Waals surface area (Å²) in [7, 11) is 0. The van der Waals surface area contributed by atoms with Gasteiger partial charge in [0, 0.05) is 24.3 Å². The highest BCUT2D eigenvalue weighted by molar-refractivity contribution is 5.79. The van der Waals surface area contributed by atoms with E-state index in [-0.39, 0.29) is 0 Å². The minimum Gasteiger partial charge on any atom is -0.368 e. The summed E-state index contributed by atoms with van der Waals surface area (Å²) in [4.78, 5) is 2.41. The van der Waals surface area contributed by atoms with Gasteiger partial charge >= 0.3 is 0 Å². The monoisotopic (exact) mass is 187 g/mol. The third-order valence-electron chi connectivity index (χ3n) is 2.92. The van der Waals surface area contributed by atoms with E-state index >= 15 is 0 Å². The Morgan fingerprint density at radius 1 is 1.29 bits per heavy atom. The van der Waals surface area contributed by atoms with Gasteiger partial charge in [0.2, 0.25) is 0 Å². The molecule has 0 aromatic heterocycles. The fourth-order valence-electron chi connectivity index (χ4n) is 1.99. The number of benzene rings is 1. The Balaban J connectivity index is 2.54. The van der Waals surface area contributed by atoms with Gasteiger partial charge in [-0.1, -0.05) is 18.2 Å². The Labute approximate surface area is 86.1 Å². The number of allylic oxidation sites excluding steroid dienone is 1. The standard InChI is InChI=1S/C13H17N/c1-4-14-8-7-11(3)12-6-5-10(2)9-13(12)14/h5-7,9H,4,8H2,1-3H3. The van der Waals surface area contributed by atoms with Crippen molar-refractivity contribution in [3.8, 4) is 0 Å². The van der Waals surface area contributed by atoms with Gasteiger partial charge in [0.15, 0.2) is 0 Å². The van der Waals surface area contributed by atoms with Gasteiger partial charge in [0.05, 0.1) is 0 Å². The second-order valence-corrected chi connectivity index (χ2v) is 3.95. The van der Waals surface area contributed by atoms with Gasteiger partial charge in [-0.25, -0.2) is 0 Å². The van der Waals surface area contributed by atoms with Crippen molar-refractivity contribution >= 4 is 11.3 Å². The Morgan fingerprint density at radius 2 is 2.07 bits per heavy atom. The Morgan fingerprint density at radius 3 is 2.79 bits per heavy atom. The predicted molar refractivity (Wildman–Crippen MR) is 62.7 cm³/mol. The van der Waals surface area contributed by atoms with E-state index in [1.54, 1.807) is 0 Å². The van der Waals surface area contributed by atoms with Gasteiger partial charge in [-0.3, -0.25) is 0 Å². The number of fused-ring (bicyclic) bond motifs is 1. The van der Waals surface area contributed by atoms with Gasteiger partial charge in [-0.05, 0) is 38.0 Å². The molecule has 0 N–H and O–H groups in total. The molecule has 1 aromatic rings. The second kappa shape index (κ2) is 3.49. The first-order chi connectivity index (χ1) is 6.72. The molecule has 0 amide bonds. The molecule has 0 radical (unpaired) electrons. The molecule has 14 heavy (non-hydrogen) atoms. The molecule has 0 saturated carbocycles. The maximum Gasteiger partial charge on any atom is 0.0447 e. The van der Waals surface area contributed by atoms with Gasteiger partial charge in [-0.15, -0.1) is 0 Å². The van der Waals surface area contributed by atoms with Crippen molar-refractivity contribution in [2.45, 2.75) is 20.8 Å². The van der Waals surface area contributed by atoms with Crippen LogP contribution in [0.1, 0.15) is 25.0 Å². The van der Waals surface area contributed by atoms with Crippen LogP contribution in [0.3, 0.4) is 0 Å². The largest absolute Gasteiger partial charge is 0.368 e. The van der Waals surface area contributed by atoms with Gasteiger partial charge in [0.25, 0.3) is 0 Å². The lowest BCUT2D eigenvalue weighted by Gasteiger charge is -2.29. The molecular weight excluding hydrogens is 170 g/mol. The zero-order chi connectivity index (χ0) is 10.1. The van der Waals surface area contributed by atoms with E-state index in [1.807, 2.05) is 0 Å². The SMILES string of the molecule is CCN1CC=C(C)c2ccc(C)cc21. The van der Waals surface area contributed by atoms with Crippen molar-refractivity contribution in [3.63, 3.8) is 0 Å². The lowest BCUT2D eigenvalue weighted by molar-refractivity contribution is 0.894. The zero-order valence-corrected chi connectivity index (χ0v) is 9.17. The van der Waals surface area contributed by atoms with Crippen LogP contribution < -0.4 is 4.90 Å². The fourth-order valence-corrected chi connectivity index (χ4v) is 1.99. The molecule has 0 fully saturated rings. The van der Waals surface area contributed by atoms with E-state index in [0.29, 0.717) is 0 Å². The average molecular weight is 187 g/mol. The van der Waals surface area contributed by atoms with Crippen molar-refractivity contribution in [1.29, 1.82) is 0 Å². The van der Waals surface area contributed by atoms with Crippen LogP contribution in [-0.2, 0) is 0 Å². The van der Waals surface area contributed by atoms with Crippen LogP contribution in [0.15, 0.2) is 24.3 Å². The van der Waals surface area contributed by atoms with Crippen LogP contribution in [0.25, 0.3) is 5.57 Å². The molecule has 0 spiro atoms. The van der Waals surface area contributed by atoms with Gasteiger partial charge in [-0.2, -0.15) is 0 Å². The van der Waals surface area contributed by atoms with Gasteiger partial charge in [0.1, 0.15) is 0 Å². The number of aryl methyl sites for hydroxylation is 1.